The molecule has 0 fully saturated rings. The lowest BCUT2D eigenvalue weighted by Gasteiger charge is -2.19. The molecule has 0 amide bonds. The number of pyridine rings is 1. The Morgan fingerprint density at radius 2 is 2.00 bits per heavy atom. The summed E-state index contributed by atoms with van der Waals surface area (Å²) in [6, 6.07) is 10.4. The predicted molar refractivity (Wildman–Crippen MR) is 76.1 cm³/mol. The third-order valence-electron chi connectivity index (χ3n) is 3.18. The molecule has 1 atom stereocenters. The van der Waals surface area contributed by atoms with Gasteiger partial charge in [-0.15, -0.1) is 0 Å². The fourth-order valence-corrected chi connectivity index (χ4v) is 2.28. The zero-order valence-electron chi connectivity index (χ0n) is 10.9. The van der Waals surface area contributed by atoms with Crippen molar-refractivity contribution in [3.8, 4) is 0 Å². The maximum Gasteiger partial charge on any atom is 0.0592 e. The average Bonchev–Trinajstić information content (AvgIpc) is 2.37. The molecule has 1 heterocycles. The van der Waals surface area contributed by atoms with Gasteiger partial charge in [0.1, 0.15) is 0 Å². The first kappa shape index (κ1) is 13.1. The van der Waals surface area contributed by atoms with Crippen molar-refractivity contribution in [3.63, 3.8) is 0 Å². The van der Waals surface area contributed by atoms with E-state index in [1.165, 1.54) is 5.56 Å². The average molecular weight is 261 g/mol. The van der Waals surface area contributed by atoms with E-state index in [2.05, 4.69) is 22.4 Å². The molecule has 0 aliphatic rings. The Hall–Kier alpha value is -1.38. The highest BCUT2D eigenvalue weighted by atomic mass is 35.5. The fraction of sp³-hybridized carbons (Fsp3) is 0.267. The van der Waals surface area contributed by atoms with E-state index in [9.17, 15) is 0 Å². The zero-order chi connectivity index (χ0) is 13.1. The second-order valence-corrected chi connectivity index (χ2v) is 4.82. The molecule has 0 saturated carbocycles. The van der Waals surface area contributed by atoms with Crippen molar-refractivity contribution >= 4 is 11.6 Å². The number of hydrogen-bond acceptors (Lipinski definition) is 2. The molecule has 3 heteroatoms. The van der Waals surface area contributed by atoms with Crippen molar-refractivity contribution in [2.45, 2.75) is 19.9 Å². The number of aryl methyl sites for hydroxylation is 2. The maximum absolute atomic E-state index is 6.20. The van der Waals surface area contributed by atoms with Crippen LogP contribution in [0.2, 0.25) is 5.02 Å². The minimum atomic E-state index is 0.122. The molecule has 18 heavy (non-hydrogen) atoms. The van der Waals surface area contributed by atoms with Gasteiger partial charge in [-0.25, -0.2) is 0 Å². The molecule has 1 aromatic carbocycles. The molecule has 0 aliphatic carbocycles. The number of nitrogens with zero attached hydrogens (tertiary/aromatic N) is 1. The Morgan fingerprint density at radius 3 is 2.61 bits per heavy atom. The summed E-state index contributed by atoms with van der Waals surface area (Å²) < 4.78 is 0. The molecule has 2 aromatic rings. The minimum absolute atomic E-state index is 0.122. The summed E-state index contributed by atoms with van der Waals surface area (Å²) in [6.45, 7) is 4.03. The van der Waals surface area contributed by atoms with Crippen molar-refractivity contribution in [1.29, 1.82) is 0 Å². The van der Waals surface area contributed by atoms with Gasteiger partial charge in [0.2, 0.25) is 0 Å². The van der Waals surface area contributed by atoms with Gasteiger partial charge >= 0.3 is 0 Å². The van der Waals surface area contributed by atoms with Crippen LogP contribution < -0.4 is 5.32 Å². The Labute approximate surface area is 113 Å². The van der Waals surface area contributed by atoms with E-state index < -0.39 is 0 Å². The van der Waals surface area contributed by atoms with Crippen molar-refractivity contribution in [2.24, 2.45) is 0 Å². The fourth-order valence-electron chi connectivity index (χ4n) is 2.09. The second-order valence-electron chi connectivity index (χ2n) is 4.41. The standard InChI is InChI=1S/C15H17ClN2/c1-10-6-7-12(9-14(10)16)15(17-3)13-5-4-8-18-11(13)2/h4-9,15,17H,1-3H3. The molecule has 1 N–H and O–H groups in total. The van der Waals surface area contributed by atoms with E-state index in [-0.39, 0.29) is 6.04 Å². The molecule has 0 bridgehead atoms. The Balaban J connectivity index is 2.45. The Kier molecular flexibility index (Phi) is 4.00. The molecule has 1 unspecified atom stereocenters. The van der Waals surface area contributed by atoms with Crippen molar-refractivity contribution in [2.75, 3.05) is 7.05 Å². The first-order valence-electron chi connectivity index (χ1n) is 5.98. The van der Waals surface area contributed by atoms with Gasteiger partial charge in [-0.2, -0.15) is 0 Å². The van der Waals surface area contributed by atoms with E-state index in [0.29, 0.717) is 0 Å². The topological polar surface area (TPSA) is 24.9 Å². The number of benzene rings is 1. The summed E-state index contributed by atoms with van der Waals surface area (Å²) in [6.07, 6.45) is 1.81. The number of halogens is 1. The molecule has 2 rings (SSSR count). The Bertz CT molecular complexity index is 552. The third kappa shape index (κ3) is 2.55. The normalized spacial score (nSPS) is 12.4. The molecule has 0 aliphatic heterocycles. The van der Waals surface area contributed by atoms with Crippen molar-refractivity contribution in [1.82, 2.24) is 10.3 Å². The molecule has 94 valence electrons. The lowest BCUT2D eigenvalue weighted by atomic mass is 9.97. The SMILES string of the molecule is CNC(c1ccc(C)c(Cl)c1)c1cccnc1C. The van der Waals surface area contributed by atoms with Gasteiger partial charge in [-0.1, -0.05) is 29.8 Å². The molecule has 0 radical (unpaired) electrons. The summed E-state index contributed by atoms with van der Waals surface area (Å²) in [7, 11) is 1.95. The van der Waals surface area contributed by atoms with Gasteiger partial charge in [-0.3, -0.25) is 4.98 Å². The number of nitrogens with one attached hydrogen (secondary N) is 1. The van der Waals surface area contributed by atoms with Crippen molar-refractivity contribution in [3.05, 3.63) is 63.9 Å². The van der Waals surface area contributed by atoms with Crippen LogP contribution >= 0.6 is 11.6 Å². The van der Waals surface area contributed by atoms with E-state index >= 15 is 0 Å². The van der Waals surface area contributed by atoms with Crippen LogP contribution in [0, 0.1) is 13.8 Å². The van der Waals surface area contributed by atoms with Gasteiger partial charge in [-0.05, 0) is 49.7 Å². The Morgan fingerprint density at radius 1 is 1.22 bits per heavy atom. The van der Waals surface area contributed by atoms with Crippen LogP contribution in [-0.2, 0) is 0 Å². The van der Waals surface area contributed by atoms with Gasteiger partial charge in [0.15, 0.2) is 0 Å². The molecular formula is C15H17ClN2. The van der Waals surface area contributed by atoms with Crippen LogP contribution in [-0.4, -0.2) is 12.0 Å². The summed E-state index contributed by atoms with van der Waals surface area (Å²) in [5.41, 5.74) is 4.47. The van der Waals surface area contributed by atoms with Crippen LogP contribution in [0.15, 0.2) is 36.5 Å². The first-order chi connectivity index (χ1) is 8.63. The maximum atomic E-state index is 6.20. The van der Waals surface area contributed by atoms with E-state index in [4.69, 9.17) is 11.6 Å². The highest BCUT2D eigenvalue weighted by molar-refractivity contribution is 6.31. The highest BCUT2D eigenvalue weighted by Gasteiger charge is 2.15. The summed E-state index contributed by atoms with van der Waals surface area (Å²) >= 11 is 6.20. The number of rotatable bonds is 3. The smallest absolute Gasteiger partial charge is 0.0592 e. The second kappa shape index (κ2) is 5.51. The van der Waals surface area contributed by atoms with Crippen LogP contribution in [0.3, 0.4) is 0 Å². The highest BCUT2D eigenvalue weighted by Crippen LogP contribution is 2.27. The minimum Gasteiger partial charge on any atom is -0.309 e. The molecule has 1 aromatic heterocycles. The molecule has 0 saturated heterocycles. The first-order valence-corrected chi connectivity index (χ1v) is 6.36. The number of hydrogen-bond donors (Lipinski definition) is 1. The summed E-state index contributed by atoms with van der Waals surface area (Å²) in [5.74, 6) is 0. The number of aromatic nitrogens is 1. The zero-order valence-corrected chi connectivity index (χ0v) is 11.6. The predicted octanol–water partition coefficient (Wildman–Crippen LogP) is 3.66. The lowest BCUT2D eigenvalue weighted by molar-refractivity contribution is 0.683. The van der Waals surface area contributed by atoms with E-state index in [0.717, 1.165) is 21.8 Å². The van der Waals surface area contributed by atoms with Crippen LogP contribution in [0.25, 0.3) is 0 Å². The van der Waals surface area contributed by atoms with Crippen molar-refractivity contribution < 1.29 is 0 Å². The van der Waals surface area contributed by atoms with E-state index in [1.54, 1.807) is 0 Å². The van der Waals surface area contributed by atoms with Crippen LogP contribution in [0.4, 0.5) is 0 Å². The molecule has 2 nitrogen and oxygen atoms in total. The lowest BCUT2D eigenvalue weighted by Crippen LogP contribution is -2.19. The summed E-state index contributed by atoms with van der Waals surface area (Å²) in [4.78, 5) is 4.34. The molecular weight excluding hydrogens is 244 g/mol. The largest absolute Gasteiger partial charge is 0.309 e. The summed E-state index contributed by atoms with van der Waals surface area (Å²) in [5, 5.41) is 4.12. The quantitative estimate of drug-likeness (QED) is 0.911. The monoisotopic (exact) mass is 260 g/mol. The van der Waals surface area contributed by atoms with Gasteiger partial charge in [0.25, 0.3) is 0 Å². The van der Waals surface area contributed by atoms with Gasteiger partial charge in [0, 0.05) is 16.9 Å². The third-order valence-corrected chi connectivity index (χ3v) is 3.58. The van der Waals surface area contributed by atoms with Gasteiger partial charge in [0.05, 0.1) is 6.04 Å². The van der Waals surface area contributed by atoms with Crippen LogP contribution in [0.5, 0.6) is 0 Å². The van der Waals surface area contributed by atoms with Crippen LogP contribution in [0.1, 0.15) is 28.4 Å². The van der Waals surface area contributed by atoms with Gasteiger partial charge < -0.3 is 5.32 Å². The molecule has 0 spiro atoms. The van der Waals surface area contributed by atoms with E-state index in [1.807, 2.05) is 45.3 Å².